The van der Waals surface area contributed by atoms with Crippen LogP contribution in [0.3, 0.4) is 0 Å². The number of nitrogens with zero attached hydrogens (tertiary/aromatic N) is 2. The average Bonchev–Trinajstić information content (AvgIpc) is 3.09. The minimum absolute atomic E-state index is 0.0336. The fourth-order valence-electron chi connectivity index (χ4n) is 4.29. The molecule has 1 unspecified atom stereocenters. The molecule has 1 aliphatic carbocycles. The molecule has 2 fully saturated rings. The van der Waals surface area contributed by atoms with Crippen LogP contribution in [-0.2, 0) is 16.0 Å². The minimum Gasteiger partial charge on any atom is -0.359 e. The van der Waals surface area contributed by atoms with E-state index in [0.717, 1.165) is 44.3 Å². The summed E-state index contributed by atoms with van der Waals surface area (Å²) in [5.41, 5.74) is 2.43. The van der Waals surface area contributed by atoms with Crippen molar-refractivity contribution in [2.24, 2.45) is 0 Å². The number of anilines is 1. The SMILES string of the molecule is O=C1CC(N2CCc3ccccc32)C(=O)N1C1CCCCC1. The molecule has 1 saturated carbocycles. The maximum atomic E-state index is 12.9. The highest BCUT2D eigenvalue weighted by molar-refractivity contribution is 6.07. The molecule has 2 aliphatic heterocycles. The maximum Gasteiger partial charge on any atom is 0.252 e. The van der Waals surface area contributed by atoms with E-state index in [1.807, 2.05) is 12.1 Å². The molecule has 116 valence electrons. The van der Waals surface area contributed by atoms with Crippen molar-refractivity contribution in [2.75, 3.05) is 11.4 Å². The third-order valence-corrected chi connectivity index (χ3v) is 5.40. The van der Waals surface area contributed by atoms with Crippen molar-refractivity contribution in [3.05, 3.63) is 29.8 Å². The zero-order valence-corrected chi connectivity index (χ0v) is 12.8. The van der Waals surface area contributed by atoms with Crippen molar-refractivity contribution in [3.8, 4) is 0 Å². The Balaban J connectivity index is 1.57. The Kier molecular flexibility index (Phi) is 3.40. The summed E-state index contributed by atoms with van der Waals surface area (Å²) in [6.45, 7) is 0.849. The Morgan fingerprint density at radius 2 is 1.77 bits per heavy atom. The molecule has 1 aromatic rings. The van der Waals surface area contributed by atoms with Crippen molar-refractivity contribution in [1.29, 1.82) is 0 Å². The third kappa shape index (κ3) is 2.13. The van der Waals surface area contributed by atoms with Gasteiger partial charge in [-0.25, -0.2) is 0 Å². The molecule has 3 aliphatic rings. The van der Waals surface area contributed by atoms with E-state index in [2.05, 4.69) is 17.0 Å². The smallest absolute Gasteiger partial charge is 0.252 e. The topological polar surface area (TPSA) is 40.6 Å². The summed E-state index contributed by atoms with van der Waals surface area (Å²) >= 11 is 0. The highest BCUT2D eigenvalue weighted by atomic mass is 16.2. The lowest BCUT2D eigenvalue weighted by Crippen LogP contribution is -2.45. The predicted octanol–water partition coefficient (Wildman–Crippen LogP) is 2.51. The van der Waals surface area contributed by atoms with Gasteiger partial charge >= 0.3 is 0 Å². The van der Waals surface area contributed by atoms with Crippen molar-refractivity contribution in [2.45, 2.75) is 57.0 Å². The molecule has 0 spiro atoms. The molecule has 0 bridgehead atoms. The predicted molar refractivity (Wildman–Crippen MR) is 84.6 cm³/mol. The van der Waals surface area contributed by atoms with E-state index in [0.29, 0.717) is 6.42 Å². The first kappa shape index (κ1) is 13.8. The van der Waals surface area contributed by atoms with Gasteiger partial charge in [-0.1, -0.05) is 37.5 Å². The van der Waals surface area contributed by atoms with Gasteiger partial charge in [0.25, 0.3) is 5.91 Å². The van der Waals surface area contributed by atoms with Gasteiger partial charge in [-0.2, -0.15) is 0 Å². The Hall–Kier alpha value is -1.84. The van der Waals surface area contributed by atoms with Gasteiger partial charge in [0.05, 0.1) is 6.42 Å². The number of carbonyl (C=O) groups is 2. The number of benzene rings is 1. The number of para-hydroxylation sites is 1. The average molecular weight is 298 g/mol. The molecule has 22 heavy (non-hydrogen) atoms. The number of rotatable bonds is 2. The summed E-state index contributed by atoms with van der Waals surface area (Å²) in [5, 5.41) is 0. The van der Waals surface area contributed by atoms with Gasteiger partial charge in [0.15, 0.2) is 0 Å². The van der Waals surface area contributed by atoms with Gasteiger partial charge in [-0.05, 0) is 30.9 Å². The van der Waals surface area contributed by atoms with Crippen LogP contribution in [0.15, 0.2) is 24.3 Å². The van der Waals surface area contributed by atoms with Crippen LogP contribution < -0.4 is 4.90 Å². The van der Waals surface area contributed by atoms with E-state index in [1.54, 1.807) is 4.90 Å². The number of hydrogen-bond acceptors (Lipinski definition) is 3. The van der Waals surface area contributed by atoms with Gasteiger partial charge in [0.2, 0.25) is 5.91 Å². The lowest BCUT2D eigenvalue weighted by atomic mass is 9.94. The van der Waals surface area contributed by atoms with Crippen molar-refractivity contribution >= 4 is 17.5 Å². The summed E-state index contributed by atoms with van der Waals surface area (Å²) in [7, 11) is 0. The molecule has 1 aromatic carbocycles. The molecule has 2 amide bonds. The lowest BCUT2D eigenvalue weighted by molar-refractivity contribution is -0.142. The number of imide groups is 1. The van der Waals surface area contributed by atoms with Crippen LogP contribution in [-0.4, -0.2) is 35.3 Å². The highest BCUT2D eigenvalue weighted by Gasteiger charge is 2.46. The van der Waals surface area contributed by atoms with Crippen LogP contribution in [0.4, 0.5) is 5.69 Å². The largest absolute Gasteiger partial charge is 0.359 e. The Labute approximate surface area is 131 Å². The summed E-state index contributed by atoms with van der Waals surface area (Å²) in [5.74, 6) is 0.0693. The van der Waals surface area contributed by atoms with Gasteiger partial charge < -0.3 is 4.90 Å². The van der Waals surface area contributed by atoms with Crippen molar-refractivity contribution in [1.82, 2.24) is 4.90 Å². The van der Waals surface area contributed by atoms with E-state index in [9.17, 15) is 9.59 Å². The Bertz CT molecular complexity index is 607. The summed E-state index contributed by atoms with van der Waals surface area (Å²) in [6, 6.07) is 8.11. The lowest BCUT2D eigenvalue weighted by Gasteiger charge is -2.31. The van der Waals surface area contributed by atoms with E-state index >= 15 is 0 Å². The number of hydrogen-bond donors (Lipinski definition) is 0. The number of amides is 2. The quantitative estimate of drug-likeness (QED) is 0.788. The normalized spacial score (nSPS) is 25.9. The Morgan fingerprint density at radius 1 is 1.00 bits per heavy atom. The van der Waals surface area contributed by atoms with Crippen molar-refractivity contribution in [3.63, 3.8) is 0 Å². The zero-order chi connectivity index (χ0) is 15.1. The molecule has 1 atom stereocenters. The molecular weight excluding hydrogens is 276 g/mol. The first-order valence-electron chi connectivity index (χ1n) is 8.46. The minimum atomic E-state index is -0.280. The first-order chi connectivity index (χ1) is 10.8. The monoisotopic (exact) mass is 298 g/mol. The van der Waals surface area contributed by atoms with Gasteiger partial charge in [0.1, 0.15) is 6.04 Å². The van der Waals surface area contributed by atoms with Crippen LogP contribution in [0.25, 0.3) is 0 Å². The number of carbonyl (C=O) groups excluding carboxylic acids is 2. The highest BCUT2D eigenvalue weighted by Crippen LogP contribution is 2.35. The fourth-order valence-corrected chi connectivity index (χ4v) is 4.29. The second kappa shape index (κ2) is 5.41. The van der Waals surface area contributed by atoms with Gasteiger partial charge in [-0.3, -0.25) is 14.5 Å². The van der Waals surface area contributed by atoms with Crippen molar-refractivity contribution < 1.29 is 9.59 Å². The molecule has 1 saturated heterocycles. The second-order valence-electron chi connectivity index (χ2n) is 6.69. The van der Waals surface area contributed by atoms with Crippen LogP contribution in [0, 0.1) is 0 Å². The molecule has 0 radical (unpaired) electrons. The first-order valence-corrected chi connectivity index (χ1v) is 8.46. The van der Waals surface area contributed by atoms with E-state index in [-0.39, 0.29) is 23.9 Å². The van der Waals surface area contributed by atoms with Crippen LogP contribution in [0.5, 0.6) is 0 Å². The zero-order valence-electron chi connectivity index (χ0n) is 12.8. The van der Waals surface area contributed by atoms with Crippen LogP contribution in [0.2, 0.25) is 0 Å². The number of likely N-dealkylation sites (tertiary alicyclic amines) is 1. The van der Waals surface area contributed by atoms with E-state index < -0.39 is 0 Å². The third-order valence-electron chi connectivity index (χ3n) is 5.40. The molecule has 2 heterocycles. The fraction of sp³-hybridized carbons (Fsp3) is 0.556. The van der Waals surface area contributed by atoms with Gasteiger partial charge in [0, 0.05) is 18.3 Å². The molecule has 4 nitrogen and oxygen atoms in total. The summed E-state index contributed by atoms with van der Waals surface area (Å²) in [4.78, 5) is 29.1. The Morgan fingerprint density at radius 3 is 2.59 bits per heavy atom. The van der Waals surface area contributed by atoms with Crippen LogP contribution >= 0.6 is 0 Å². The number of fused-ring (bicyclic) bond motifs is 1. The molecular formula is C18H22N2O2. The molecule has 0 N–H and O–H groups in total. The van der Waals surface area contributed by atoms with E-state index in [4.69, 9.17) is 0 Å². The maximum absolute atomic E-state index is 12.9. The molecule has 4 rings (SSSR count). The standard InChI is InChI=1S/C18H22N2O2/c21-17-12-16(18(22)20(17)14-7-2-1-3-8-14)19-11-10-13-6-4-5-9-15(13)19/h4-6,9,14,16H,1-3,7-8,10-12H2. The summed E-state index contributed by atoms with van der Waals surface area (Å²) < 4.78 is 0. The van der Waals surface area contributed by atoms with Gasteiger partial charge in [-0.15, -0.1) is 0 Å². The summed E-state index contributed by atoms with van der Waals surface area (Å²) in [6.07, 6.45) is 6.80. The molecule has 0 aromatic heterocycles. The van der Waals surface area contributed by atoms with Crippen LogP contribution in [0.1, 0.15) is 44.1 Å². The molecule has 4 heteroatoms. The van der Waals surface area contributed by atoms with E-state index in [1.165, 1.54) is 12.0 Å². The second-order valence-corrected chi connectivity index (χ2v) is 6.69.